The second-order valence-corrected chi connectivity index (χ2v) is 24.6. The standard InChI is InChI=1S/C81H76N2/c1-11-80(12-2)75-49-59(33-39-69(75)71-41-35-65(51-77(71)80)82(61-23-15-19-53(5)43-61)62-24-16-20-54(6)44-62)29-27-57-31-37-67-68-38-32-58(48-74(68)79(9,10)73(67)47-57)28-30-60-34-40-70-72-42-36-66(52-78(72)81(13-3,14-4)76(70)50-60)83(63-25-17-21-55(7)45-63)64-26-18-22-56(8)46-64/h15-52H,11-14H2,1-10H3. The van der Waals surface area contributed by atoms with Crippen molar-refractivity contribution < 1.29 is 0 Å². The van der Waals surface area contributed by atoms with Crippen LogP contribution in [0.15, 0.2) is 206 Å². The first-order valence-electron chi connectivity index (χ1n) is 30.4. The third-order valence-corrected chi connectivity index (χ3v) is 19.4. The van der Waals surface area contributed by atoms with Crippen molar-refractivity contribution in [3.8, 4) is 33.4 Å². The van der Waals surface area contributed by atoms with Gasteiger partial charge in [0.2, 0.25) is 0 Å². The van der Waals surface area contributed by atoms with E-state index in [4.69, 9.17) is 0 Å². The lowest BCUT2D eigenvalue weighted by Crippen LogP contribution is -2.23. The predicted molar refractivity (Wildman–Crippen MR) is 357 cm³/mol. The summed E-state index contributed by atoms with van der Waals surface area (Å²) in [6.45, 7) is 23.0. The van der Waals surface area contributed by atoms with Gasteiger partial charge in [0, 0.05) is 50.4 Å². The minimum absolute atomic E-state index is 0.0874. The molecule has 10 aromatic carbocycles. The van der Waals surface area contributed by atoms with Gasteiger partial charge in [0.1, 0.15) is 0 Å². The third-order valence-electron chi connectivity index (χ3n) is 19.4. The Morgan fingerprint density at radius 2 is 0.518 bits per heavy atom. The molecule has 0 aromatic heterocycles. The molecule has 0 amide bonds. The van der Waals surface area contributed by atoms with Crippen molar-refractivity contribution in [3.63, 3.8) is 0 Å². The first-order valence-corrected chi connectivity index (χ1v) is 30.4. The van der Waals surface area contributed by atoms with Crippen LogP contribution in [0.5, 0.6) is 0 Å². The highest BCUT2D eigenvalue weighted by molar-refractivity contribution is 5.91. The first-order chi connectivity index (χ1) is 40.2. The summed E-state index contributed by atoms with van der Waals surface area (Å²) in [6, 6.07) is 78.5. The lowest BCUT2D eigenvalue weighted by molar-refractivity contribution is 0.490. The number of nitrogens with zero attached hydrogens (tertiary/aromatic N) is 2. The van der Waals surface area contributed by atoms with Gasteiger partial charge in [-0.05, 0) is 237 Å². The van der Waals surface area contributed by atoms with Gasteiger partial charge in [-0.25, -0.2) is 0 Å². The van der Waals surface area contributed by atoms with Crippen molar-refractivity contribution >= 4 is 58.4 Å². The number of aryl methyl sites for hydroxylation is 4. The van der Waals surface area contributed by atoms with Crippen molar-refractivity contribution in [1.82, 2.24) is 0 Å². The maximum absolute atomic E-state index is 2.49. The molecular formula is C81H76N2. The molecule has 2 heteroatoms. The van der Waals surface area contributed by atoms with E-state index in [1.54, 1.807) is 0 Å². The van der Waals surface area contributed by atoms with Gasteiger partial charge in [0.15, 0.2) is 0 Å². The SMILES string of the molecule is CCC1(CC)c2cc(C=Cc3ccc4c(c3)C(C)(C)c3cc(C=Cc5ccc6c(c5)C(CC)(CC)c5cc(N(c7cccc(C)c7)c7cccc(C)c7)ccc5-6)ccc3-4)ccc2-c2ccc(N(c3cccc(C)c3)c3cccc(C)c3)cc21. The highest BCUT2D eigenvalue weighted by atomic mass is 15.1. The molecule has 0 saturated carbocycles. The fraction of sp³-hybridized carbons (Fsp3) is 0.210. The highest BCUT2D eigenvalue weighted by Crippen LogP contribution is 2.57. The van der Waals surface area contributed by atoms with E-state index in [1.165, 1.54) is 145 Å². The smallest absolute Gasteiger partial charge is 0.0465 e. The van der Waals surface area contributed by atoms with Gasteiger partial charge in [-0.1, -0.05) is 199 Å². The minimum atomic E-state index is -0.152. The van der Waals surface area contributed by atoms with Gasteiger partial charge in [0.25, 0.3) is 0 Å². The molecule has 0 atom stereocenters. The average molecular weight is 1080 g/mol. The Balaban J connectivity index is 0.755. The van der Waals surface area contributed by atoms with Crippen molar-refractivity contribution in [2.45, 2.75) is 111 Å². The van der Waals surface area contributed by atoms with Crippen molar-refractivity contribution in [1.29, 1.82) is 0 Å². The molecule has 0 bridgehead atoms. The van der Waals surface area contributed by atoms with Gasteiger partial charge in [-0.2, -0.15) is 0 Å². The second-order valence-electron chi connectivity index (χ2n) is 24.6. The molecule has 3 aliphatic carbocycles. The molecule has 0 fully saturated rings. The Kier molecular flexibility index (Phi) is 13.5. The number of fused-ring (bicyclic) bond motifs is 9. The summed E-state index contributed by atoms with van der Waals surface area (Å²) in [7, 11) is 0. The molecule has 13 rings (SSSR count). The molecule has 3 aliphatic rings. The van der Waals surface area contributed by atoms with Crippen LogP contribution in [0.25, 0.3) is 57.7 Å². The lowest BCUT2D eigenvalue weighted by atomic mass is 9.73. The van der Waals surface area contributed by atoms with E-state index in [2.05, 4.69) is 310 Å². The largest absolute Gasteiger partial charge is 0.310 e. The van der Waals surface area contributed by atoms with Gasteiger partial charge < -0.3 is 9.80 Å². The quantitative estimate of drug-likeness (QED) is 0.100. The summed E-state index contributed by atoms with van der Waals surface area (Å²) < 4.78 is 0. The Hall–Kier alpha value is -8.72. The molecule has 2 nitrogen and oxygen atoms in total. The molecule has 10 aromatic rings. The van der Waals surface area contributed by atoms with Gasteiger partial charge in [0.05, 0.1) is 0 Å². The van der Waals surface area contributed by atoms with Crippen LogP contribution in [-0.4, -0.2) is 0 Å². The lowest BCUT2D eigenvalue weighted by Gasteiger charge is -2.32. The van der Waals surface area contributed by atoms with E-state index in [0.717, 1.165) is 25.7 Å². The van der Waals surface area contributed by atoms with E-state index < -0.39 is 0 Å². The van der Waals surface area contributed by atoms with E-state index in [-0.39, 0.29) is 16.2 Å². The molecule has 0 heterocycles. The van der Waals surface area contributed by atoms with Crippen LogP contribution in [0.4, 0.5) is 34.1 Å². The Morgan fingerprint density at radius 3 is 0.795 bits per heavy atom. The highest BCUT2D eigenvalue weighted by Gasteiger charge is 2.43. The Labute approximate surface area is 494 Å². The van der Waals surface area contributed by atoms with Gasteiger partial charge in [-0.3, -0.25) is 0 Å². The average Bonchev–Trinajstić information content (AvgIpc) is 4.26. The summed E-state index contributed by atoms with van der Waals surface area (Å²) >= 11 is 0. The summed E-state index contributed by atoms with van der Waals surface area (Å²) in [5.41, 5.74) is 33.3. The zero-order valence-electron chi connectivity index (χ0n) is 50.2. The van der Waals surface area contributed by atoms with Crippen molar-refractivity contribution in [2.75, 3.05) is 9.80 Å². The molecule has 83 heavy (non-hydrogen) atoms. The number of hydrogen-bond donors (Lipinski definition) is 0. The maximum atomic E-state index is 2.49. The van der Waals surface area contributed by atoms with Gasteiger partial charge >= 0.3 is 0 Å². The van der Waals surface area contributed by atoms with E-state index in [1.807, 2.05) is 0 Å². The first kappa shape index (κ1) is 53.6. The molecule has 0 N–H and O–H groups in total. The second kappa shape index (κ2) is 20.9. The molecular weight excluding hydrogens is 1000 g/mol. The van der Waals surface area contributed by atoms with Crippen LogP contribution >= 0.6 is 0 Å². The van der Waals surface area contributed by atoms with Crippen LogP contribution in [0.1, 0.15) is 145 Å². The van der Waals surface area contributed by atoms with Gasteiger partial charge in [-0.15, -0.1) is 0 Å². The predicted octanol–water partition coefficient (Wildman–Crippen LogP) is 22.7. The Morgan fingerprint density at radius 1 is 0.277 bits per heavy atom. The zero-order valence-corrected chi connectivity index (χ0v) is 50.2. The van der Waals surface area contributed by atoms with Crippen molar-refractivity contribution in [2.24, 2.45) is 0 Å². The molecule has 410 valence electrons. The number of anilines is 6. The monoisotopic (exact) mass is 1080 g/mol. The molecule has 0 spiro atoms. The number of benzene rings is 10. The van der Waals surface area contributed by atoms with Crippen LogP contribution in [0.3, 0.4) is 0 Å². The summed E-state index contributed by atoms with van der Waals surface area (Å²) in [6.07, 6.45) is 13.4. The zero-order chi connectivity index (χ0) is 57.4. The normalized spacial score (nSPS) is 14.5. The molecule has 0 radical (unpaired) electrons. The van der Waals surface area contributed by atoms with Crippen molar-refractivity contribution in [3.05, 3.63) is 284 Å². The number of rotatable bonds is 14. The fourth-order valence-corrected chi connectivity index (χ4v) is 14.8. The van der Waals surface area contributed by atoms with E-state index in [9.17, 15) is 0 Å². The van der Waals surface area contributed by atoms with Crippen LogP contribution < -0.4 is 9.80 Å². The van der Waals surface area contributed by atoms with E-state index >= 15 is 0 Å². The molecule has 0 saturated heterocycles. The van der Waals surface area contributed by atoms with Crippen LogP contribution in [-0.2, 0) is 16.2 Å². The third kappa shape index (κ3) is 9.01. The summed E-state index contributed by atoms with van der Waals surface area (Å²) in [5.74, 6) is 0. The number of hydrogen-bond acceptors (Lipinski definition) is 2. The van der Waals surface area contributed by atoms with Crippen LogP contribution in [0, 0.1) is 27.7 Å². The Bertz CT molecular complexity index is 3880. The molecule has 0 aliphatic heterocycles. The van der Waals surface area contributed by atoms with E-state index in [0.29, 0.717) is 0 Å². The fourth-order valence-electron chi connectivity index (χ4n) is 14.8. The minimum Gasteiger partial charge on any atom is -0.310 e. The molecule has 0 unspecified atom stereocenters. The van der Waals surface area contributed by atoms with Crippen LogP contribution in [0.2, 0.25) is 0 Å². The summed E-state index contributed by atoms with van der Waals surface area (Å²) in [4.78, 5) is 4.86. The maximum Gasteiger partial charge on any atom is 0.0465 e. The topological polar surface area (TPSA) is 6.48 Å². The summed E-state index contributed by atoms with van der Waals surface area (Å²) in [5, 5.41) is 0.